The molecule has 6 rings (SSSR count). The molecule has 8 atom stereocenters. The van der Waals surface area contributed by atoms with Gasteiger partial charge in [0.15, 0.2) is 18.2 Å². The molecule has 0 aromatic carbocycles. The second-order valence-corrected chi connectivity index (χ2v) is 11.6. The lowest BCUT2D eigenvalue weighted by Crippen LogP contribution is -2.70. The molecule has 1 spiro atoms. The van der Waals surface area contributed by atoms with Crippen LogP contribution in [0, 0.1) is 23.7 Å². The van der Waals surface area contributed by atoms with E-state index in [1.807, 2.05) is 17.8 Å². The zero-order valence-corrected chi connectivity index (χ0v) is 22.5. The van der Waals surface area contributed by atoms with Gasteiger partial charge in [0.2, 0.25) is 5.79 Å². The summed E-state index contributed by atoms with van der Waals surface area (Å²) >= 11 is 0. The van der Waals surface area contributed by atoms with Crippen LogP contribution in [0.4, 0.5) is 0 Å². The van der Waals surface area contributed by atoms with Crippen molar-refractivity contribution in [2.75, 3.05) is 6.54 Å². The molecular formula is C26H42N6O5. The second-order valence-electron chi connectivity index (χ2n) is 11.6. The number of aryl methyl sites for hydroxylation is 1. The Balaban J connectivity index is 1.11. The monoisotopic (exact) mass is 518 g/mol. The number of hydrogen-bond acceptors (Lipinski definition) is 8. The van der Waals surface area contributed by atoms with E-state index in [4.69, 9.17) is 29.5 Å². The van der Waals surface area contributed by atoms with Crippen molar-refractivity contribution in [2.24, 2.45) is 28.8 Å². The molecule has 5 heterocycles. The Morgan fingerprint density at radius 1 is 1.11 bits per heavy atom. The quantitative estimate of drug-likeness (QED) is 0.115. The Bertz CT molecular complexity index is 956. The van der Waals surface area contributed by atoms with Crippen LogP contribution < -0.4 is 0 Å². The molecule has 11 heteroatoms. The van der Waals surface area contributed by atoms with Gasteiger partial charge < -0.3 is 14.2 Å². The number of fused-ring (bicyclic) bond motifs is 2. The molecule has 4 saturated heterocycles. The topological polar surface area (TPSA) is 126 Å². The maximum atomic E-state index is 8.30. The number of hydrogen-bond donors (Lipinski definition) is 0. The van der Waals surface area contributed by atoms with E-state index in [9.17, 15) is 0 Å². The number of aromatic nitrogens is 3. The SMILES string of the molecule is C[C@H]1[C@H](OCc2cn(CCCCCCCCN=[N+]=[N-])nn2)O[C@@H]2O[C@]3(C)CC[C@H]4[C@H](C)CC[C@@H]1[C@@]24OO3. The minimum Gasteiger partial charge on any atom is -0.346 e. The zero-order chi connectivity index (χ0) is 25.9. The Labute approximate surface area is 219 Å². The van der Waals surface area contributed by atoms with Crippen molar-refractivity contribution in [1.82, 2.24) is 15.0 Å². The minimum atomic E-state index is -0.780. The highest BCUT2D eigenvalue weighted by Crippen LogP contribution is 2.60. The highest BCUT2D eigenvalue weighted by Gasteiger charge is 2.69. The molecule has 11 nitrogen and oxygen atoms in total. The second kappa shape index (κ2) is 11.6. The molecule has 0 amide bonds. The van der Waals surface area contributed by atoms with Gasteiger partial charge in [-0.2, -0.15) is 0 Å². The Morgan fingerprint density at radius 2 is 1.92 bits per heavy atom. The first kappa shape index (κ1) is 26.8. The predicted octanol–water partition coefficient (Wildman–Crippen LogP) is 5.65. The summed E-state index contributed by atoms with van der Waals surface area (Å²) in [4.78, 5) is 14.9. The molecule has 0 radical (unpaired) electrons. The summed E-state index contributed by atoms with van der Waals surface area (Å²) in [5.41, 5.74) is 8.53. The van der Waals surface area contributed by atoms with Gasteiger partial charge in [-0.3, -0.25) is 4.68 Å². The smallest absolute Gasteiger partial charge is 0.201 e. The summed E-state index contributed by atoms with van der Waals surface area (Å²) in [5.74, 6) is 0.495. The lowest BCUT2D eigenvalue weighted by atomic mass is 9.58. The van der Waals surface area contributed by atoms with Crippen LogP contribution in [0.1, 0.15) is 90.7 Å². The average molecular weight is 519 g/mol. The molecule has 1 aliphatic carbocycles. The van der Waals surface area contributed by atoms with E-state index in [0.29, 0.717) is 25.0 Å². The van der Waals surface area contributed by atoms with E-state index in [2.05, 4.69) is 34.2 Å². The minimum absolute atomic E-state index is 0.141. The normalized spacial score (nSPS) is 38.6. The highest BCUT2D eigenvalue weighted by molar-refractivity contribution is 5.09. The van der Waals surface area contributed by atoms with Gasteiger partial charge >= 0.3 is 0 Å². The van der Waals surface area contributed by atoms with Crippen LogP contribution >= 0.6 is 0 Å². The average Bonchev–Trinajstić information content (AvgIpc) is 3.22. The number of rotatable bonds is 12. The Hall–Kier alpha value is -1.75. The van der Waals surface area contributed by atoms with Gasteiger partial charge in [0, 0.05) is 36.3 Å². The lowest BCUT2D eigenvalue weighted by molar-refractivity contribution is -0.577. The van der Waals surface area contributed by atoms with Crippen molar-refractivity contribution < 1.29 is 24.0 Å². The van der Waals surface area contributed by atoms with E-state index in [1.54, 1.807) is 0 Å². The van der Waals surface area contributed by atoms with Gasteiger partial charge in [0.25, 0.3) is 0 Å². The van der Waals surface area contributed by atoms with Crippen molar-refractivity contribution >= 4 is 0 Å². The van der Waals surface area contributed by atoms with Crippen LogP contribution in [-0.2, 0) is 37.1 Å². The molecule has 0 unspecified atom stereocenters. The van der Waals surface area contributed by atoms with E-state index < -0.39 is 24.0 Å². The predicted molar refractivity (Wildman–Crippen MR) is 133 cm³/mol. The zero-order valence-electron chi connectivity index (χ0n) is 22.5. The summed E-state index contributed by atoms with van der Waals surface area (Å²) < 4.78 is 21.1. The van der Waals surface area contributed by atoms with Gasteiger partial charge in [-0.25, -0.2) is 9.78 Å². The summed E-state index contributed by atoms with van der Waals surface area (Å²) in [6.45, 7) is 8.25. The molecule has 2 bridgehead atoms. The number of azide groups is 1. The first-order valence-electron chi connectivity index (χ1n) is 14.2. The van der Waals surface area contributed by atoms with Gasteiger partial charge in [-0.05, 0) is 56.4 Å². The number of ether oxygens (including phenoxy) is 3. The third-order valence-electron chi connectivity index (χ3n) is 9.04. The molecule has 1 aromatic rings. The first-order chi connectivity index (χ1) is 17.9. The summed E-state index contributed by atoms with van der Waals surface area (Å²) in [6.07, 6.45) is 11.7. The maximum Gasteiger partial charge on any atom is 0.201 e. The van der Waals surface area contributed by atoms with Gasteiger partial charge in [-0.15, -0.1) is 5.10 Å². The molecule has 0 N–H and O–H groups in total. The van der Waals surface area contributed by atoms with Gasteiger partial charge in [0.05, 0.1) is 12.8 Å². The highest BCUT2D eigenvalue weighted by atomic mass is 17.3. The van der Waals surface area contributed by atoms with Gasteiger partial charge in [-0.1, -0.05) is 49.9 Å². The molecule has 4 aliphatic heterocycles. The molecular weight excluding hydrogens is 476 g/mol. The molecule has 1 saturated carbocycles. The third kappa shape index (κ3) is 5.53. The summed E-state index contributed by atoms with van der Waals surface area (Å²) in [7, 11) is 0. The fourth-order valence-corrected chi connectivity index (χ4v) is 6.95. The molecule has 206 valence electrons. The van der Waals surface area contributed by atoms with Crippen LogP contribution in [0.2, 0.25) is 0 Å². The van der Waals surface area contributed by atoms with Crippen molar-refractivity contribution in [2.45, 2.75) is 122 Å². The Morgan fingerprint density at radius 3 is 2.76 bits per heavy atom. The van der Waals surface area contributed by atoms with Crippen LogP contribution in [0.15, 0.2) is 11.3 Å². The van der Waals surface area contributed by atoms with Crippen molar-refractivity contribution in [3.05, 3.63) is 22.3 Å². The van der Waals surface area contributed by atoms with E-state index in [-0.39, 0.29) is 11.8 Å². The fraction of sp³-hybridized carbons (Fsp3) is 0.923. The van der Waals surface area contributed by atoms with E-state index in [1.165, 1.54) is 19.3 Å². The van der Waals surface area contributed by atoms with E-state index in [0.717, 1.165) is 57.2 Å². The van der Waals surface area contributed by atoms with Crippen molar-refractivity contribution in [1.29, 1.82) is 0 Å². The first-order valence-corrected chi connectivity index (χ1v) is 14.2. The number of unbranched alkanes of at least 4 members (excludes halogenated alkanes) is 5. The standard InChI is InChI=1S/C26H42N6O5/c1-18-10-11-22-19(2)23(34-24-26(22)21(18)12-13-25(3,35-24)36-37-26)33-17-20-16-32(31-29-20)15-9-7-5-4-6-8-14-28-30-27/h16,18-19,21-24H,4-15,17H2,1-3H3/t18-,19-,21+,22+,23-,24-,25+,26-/m1/s1. The van der Waals surface area contributed by atoms with Crippen LogP contribution in [-0.4, -0.2) is 45.5 Å². The third-order valence-corrected chi connectivity index (χ3v) is 9.04. The van der Waals surface area contributed by atoms with Crippen LogP contribution in [0.3, 0.4) is 0 Å². The fourth-order valence-electron chi connectivity index (χ4n) is 6.95. The largest absolute Gasteiger partial charge is 0.346 e. The molecule has 37 heavy (non-hydrogen) atoms. The van der Waals surface area contributed by atoms with Crippen LogP contribution in [0.5, 0.6) is 0 Å². The summed E-state index contributed by atoms with van der Waals surface area (Å²) in [6, 6.07) is 0. The molecule has 5 fully saturated rings. The summed E-state index contributed by atoms with van der Waals surface area (Å²) in [5, 5.41) is 12.2. The molecule has 5 aliphatic rings. The van der Waals surface area contributed by atoms with E-state index >= 15 is 0 Å². The number of nitrogens with zero attached hydrogens (tertiary/aromatic N) is 6. The lowest BCUT2D eigenvalue weighted by Gasteiger charge is -2.60. The van der Waals surface area contributed by atoms with Crippen LogP contribution in [0.25, 0.3) is 10.4 Å². The van der Waals surface area contributed by atoms with Crippen molar-refractivity contribution in [3.8, 4) is 0 Å². The Kier molecular flexibility index (Phi) is 8.38. The van der Waals surface area contributed by atoms with Crippen molar-refractivity contribution in [3.63, 3.8) is 0 Å². The molecule has 1 aromatic heterocycles. The van der Waals surface area contributed by atoms with Gasteiger partial charge in [0.1, 0.15) is 5.69 Å². The maximum absolute atomic E-state index is 8.30.